The van der Waals surface area contributed by atoms with Gasteiger partial charge in [-0.3, -0.25) is 9.48 Å². The summed E-state index contributed by atoms with van der Waals surface area (Å²) in [5.41, 5.74) is 2.12. The first-order valence-corrected chi connectivity index (χ1v) is 9.48. The van der Waals surface area contributed by atoms with Gasteiger partial charge in [0.2, 0.25) is 5.91 Å². The van der Waals surface area contributed by atoms with E-state index in [1.165, 1.54) is 0 Å². The highest BCUT2D eigenvalue weighted by Crippen LogP contribution is 2.36. The van der Waals surface area contributed by atoms with E-state index in [4.69, 9.17) is 11.6 Å². The van der Waals surface area contributed by atoms with E-state index in [1.807, 2.05) is 55.7 Å². The minimum Gasteiger partial charge on any atom is -0.338 e. The maximum absolute atomic E-state index is 13.4. The van der Waals surface area contributed by atoms with Gasteiger partial charge in [-0.25, -0.2) is 0 Å². The highest BCUT2D eigenvalue weighted by Gasteiger charge is 2.38. The van der Waals surface area contributed by atoms with Crippen molar-refractivity contribution in [3.8, 4) is 0 Å². The smallest absolute Gasteiger partial charge is 0.227 e. The van der Waals surface area contributed by atoms with Gasteiger partial charge < -0.3 is 10.2 Å². The van der Waals surface area contributed by atoms with Gasteiger partial charge in [-0.2, -0.15) is 5.10 Å². The van der Waals surface area contributed by atoms with Crippen LogP contribution in [0.3, 0.4) is 0 Å². The molecule has 0 spiro atoms. The highest BCUT2D eigenvalue weighted by atomic mass is 35.5. The topological polar surface area (TPSA) is 50.2 Å². The van der Waals surface area contributed by atoms with Crippen LogP contribution in [-0.2, 0) is 11.8 Å². The number of nitrogens with one attached hydrogen (secondary N) is 1. The number of amides is 1. The zero-order chi connectivity index (χ0) is 18.8. The van der Waals surface area contributed by atoms with Gasteiger partial charge in [-0.1, -0.05) is 43.6 Å². The number of halogens is 1. The van der Waals surface area contributed by atoms with Crippen LogP contribution in [0.15, 0.2) is 36.7 Å². The molecule has 1 amide bonds. The van der Waals surface area contributed by atoms with Gasteiger partial charge in [0, 0.05) is 44.3 Å². The standard InChI is InChI=1S/C20H27ClN4O/c1-13(2)19(15-7-5-6-8-18(15)21)25(4)20(26)17-11-22-10-16(17)14-9-23-24(3)12-14/h5-9,12-13,16-17,19,22H,10-11H2,1-4H3/t16-,17+,19?/m1/s1. The fourth-order valence-corrected chi connectivity index (χ4v) is 4.30. The van der Waals surface area contributed by atoms with Crippen molar-refractivity contribution in [3.63, 3.8) is 0 Å². The molecule has 0 bridgehead atoms. The van der Waals surface area contributed by atoms with E-state index in [0.717, 1.165) is 17.7 Å². The van der Waals surface area contributed by atoms with Crippen molar-refractivity contribution in [1.82, 2.24) is 20.0 Å². The molecule has 140 valence electrons. The molecule has 3 rings (SSSR count). The molecule has 1 N–H and O–H groups in total. The molecule has 1 fully saturated rings. The second-order valence-electron chi connectivity index (χ2n) is 7.48. The van der Waals surface area contributed by atoms with Crippen LogP contribution in [0.1, 0.15) is 36.9 Å². The quantitative estimate of drug-likeness (QED) is 0.874. The van der Waals surface area contributed by atoms with Crippen LogP contribution < -0.4 is 5.32 Å². The molecule has 1 aromatic carbocycles. The van der Waals surface area contributed by atoms with Crippen molar-refractivity contribution in [2.75, 3.05) is 20.1 Å². The molecular weight excluding hydrogens is 348 g/mol. The number of carbonyl (C=O) groups is 1. The normalized spacial score (nSPS) is 21.2. The number of aryl methyl sites for hydroxylation is 1. The van der Waals surface area contributed by atoms with Gasteiger partial charge in [0.25, 0.3) is 0 Å². The lowest BCUT2D eigenvalue weighted by atomic mass is 9.88. The SMILES string of the molecule is CC(C)C(c1ccccc1Cl)N(C)C(=O)[C@H]1CNC[C@@H]1c1cnn(C)c1. The lowest BCUT2D eigenvalue weighted by molar-refractivity contribution is -0.137. The zero-order valence-electron chi connectivity index (χ0n) is 15.8. The number of hydrogen-bond acceptors (Lipinski definition) is 3. The first kappa shape index (κ1) is 18.9. The van der Waals surface area contributed by atoms with Crippen LogP contribution in [0.25, 0.3) is 0 Å². The number of aromatic nitrogens is 2. The number of hydrogen-bond donors (Lipinski definition) is 1. The largest absolute Gasteiger partial charge is 0.338 e. The second kappa shape index (κ2) is 7.80. The third kappa shape index (κ3) is 3.64. The van der Waals surface area contributed by atoms with Crippen LogP contribution in [0, 0.1) is 11.8 Å². The van der Waals surface area contributed by atoms with Crippen molar-refractivity contribution in [2.45, 2.75) is 25.8 Å². The Balaban J connectivity index is 1.86. The van der Waals surface area contributed by atoms with Gasteiger partial charge in [0.15, 0.2) is 0 Å². The molecule has 3 atom stereocenters. The fraction of sp³-hybridized carbons (Fsp3) is 0.500. The second-order valence-corrected chi connectivity index (χ2v) is 7.89. The number of nitrogens with zero attached hydrogens (tertiary/aromatic N) is 3. The van der Waals surface area contributed by atoms with E-state index < -0.39 is 0 Å². The Morgan fingerprint density at radius 2 is 2.08 bits per heavy atom. The molecule has 5 nitrogen and oxygen atoms in total. The first-order chi connectivity index (χ1) is 12.4. The summed E-state index contributed by atoms with van der Waals surface area (Å²) in [7, 11) is 3.80. The first-order valence-electron chi connectivity index (χ1n) is 9.10. The monoisotopic (exact) mass is 374 g/mol. The Morgan fingerprint density at radius 3 is 2.69 bits per heavy atom. The number of benzene rings is 1. The van der Waals surface area contributed by atoms with Crippen LogP contribution in [-0.4, -0.2) is 40.7 Å². The lowest BCUT2D eigenvalue weighted by Crippen LogP contribution is -2.40. The molecule has 2 aromatic rings. The molecule has 1 aliphatic rings. The Kier molecular flexibility index (Phi) is 5.68. The number of rotatable bonds is 5. The van der Waals surface area contributed by atoms with Crippen LogP contribution in [0.4, 0.5) is 0 Å². The van der Waals surface area contributed by atoms with Gasteiger partial charge in [-0.15, -0.1) is 0 Å². The summed E-state index contributed by atoms with van der Waals surface area (Å²) in [5, 5.41) is 8.35. The van der Waals surface area contributed by atoms with Crippen molar-refractivity contribution < 1.29 is 4.79 Å². The van der Waals surface area contributed by atoms with Crippen molar-refractivity contribution in [1.29, 1.82) is 0 Å². The predicted octanol–water partition coefficient (Wildman–Crippen LogP) is 3.23. The summed E-state index contributed by atoms with van der Waals surface area (Å²) in [6.07, 6.45) is 3.87. The van der Waals surface area contributed by atoms with Crippen LogP contribution in [0.2, 0.25) is 5.02 Å². The Morgan fingerprint density at radius 1 is 1.35 bits per heavy atom. The van der Waals surface area contributed by atoms with Gasteiger partial charge >= 0.3 is 0 Å². The molecule has 1 unspecified atom stereocenters. The molecule has 1 aromatic heterocycles. The van der Waals surface area contributed by atoms with Crippen LogP contribution in [0.5, 0.6) is 0 Å². The third-order valence-electron chi connectivity index (χ3n) is 5.30. The van der Waals surface area contributed by atoms with Crippen molar-refractivity contribution >= 4 is 17.5 Å². The van der Waals surface area contributed by atoms with Gasteiger partial charge in [0.1, 0.15) is 0 Å². The fourth-order valence-electron chi connectivity index (χ4n) is 4.05. The van der Waals surface area contributed by atoms with E-state index in [9.17, 15) is 4.79 Å². The Labute approximate surface area is 160 Å². The summed E-state index contributed by atoms with van der Waals surface area (Å²) >= 11 is 6.44. The van der Waals surface area contributed by atoms with E-state index >= 15 is 0 Å². The third-order valence-corrected chi connectivity index (χ3v) is 5.65. The lowest BCUT2D eigenvalue weighted by Gasteiger charge is -2.35. The molecule has 1 saturated heterocycles. The zero-order valence-corrected chi connectivity index (χ0v) is 16.6. The number of carbonyl (C=O) groups excluding carboxylic acids is 1. The van der Waals surface area contributed by atoms with Crippen LogP contribution >= 0.6 is 11.6 Å². The van der Waals surface area contributed by atoms with Crippen molar-refractivity contribution in [3.05, 3.63) is 52.8 Å². The average molecular weight is 375 g/mol. The minimum absolute atomic E-state index is 0.0497. The molecule has 0 aliphatic carbocycles. The summed E-state index contributed by atoms with van der Waals surface area (Å²) in [5.74, 6) is 0.475. The average Bonchev–Trinajstić information content (AvgIpc) is 3.24. The van der Waals surface area contributed by atoms with E-state index in [-0.39, 0.29) is 29.7 Å². The maximum Gasteiger partial charge on any atom is 0.227 e. The van der Waals surface area contributed by atoms with Gasteiger partial charge in [0.05, 0.1) is 18.2 Å². The molecule has 1 aliphatic heterocycles. The Bertz CT molecular complexity index is 773. The molecular formula is C20H27ClN4O. The van der Waals surface area contributed by atoms with Crippen molar-refractivity contribution in [2.24, 2.45) is 18.9 Å². The minimum atomic E-state index is -0.0899. The van der Waals surface area contributed by atoms with E-state index in [1.54, 1.807) is 4.68 Å². The molecule has 6 heteroatoms. The van der Waals surface area contributed by atoms with E-state index in [0.29, 0.717) is 11.6 Å². The molecule has 2 heterocycles. The summed E-state index contributed by atoms with van der Waals surface area (Å²) < 4.78 is 1.79. The predicted molar refractivity (Wildman–Crippen MR) is 104 cm³/mol. The summed E-state index contributed by atoms with van der Waals surface area (Å²) in [6.45, 7) is 5.75. The highest BCUT2D eigenvalue weighted by molar-refractivity contribution is 6.31. The van der Waals surface area contributed by atoms with Gasteiger partial charge in [-0.05, 0) is 23.1 Å². The summed E-state index contributed by atoms with van der Waals surface area (Å²) in [4.78, 5) is 15.3. The molecule has 26 heavy (non-hydrogen) atoms. The summed E-state index contributed by atoms with van der Waals surface area (Å²) in [6, 6.07) is 7.75. The maximum atomic E-state index is 13.4. The van der Waals surface area contributed by atoms with E-state index in [2.05, 4.69) is 24.3 Å². The molecule has 0 saturated carbocycles. The molecule has 0 radical (unpaired) electrons. The Hall–Kier alpha value is -1.85.